The van der Waals surface area contributed by atoms with Crippen LogP contribution in [-0.2, 0) is 17.6 Å². The van der Waals surface area contributed by atoms with E-state index in [0.717, 1.165) is 62.5 Å². The Morgan fingerprint density at radius 2 is 1.59 bits per heavy atom. The van der Waals surface area contributed by atoms with Gasteiger partial charge in [0.05, 0.1) is 14.2 Å². The van der Waals surface area contributed by atoms with Gasteiger partial charge in [-0.25, -0.2) is 0 Å². The first-order chi connectivity index (χ1) is 15.1. The van der Waals surface area contributed by atoms with E-state index in [4.69, 9.17) is 9.47 Å². The number of aryl methyl sites for hydroxylation is 1. The number of hydrogen-bond donors (Lipinski definition) is 0. The fourth-order valence-corrected chi connectivity index (χ4v) is 4.49. The average molecular weight is 461 g/mol. The van der Waals surface area contributed by atoms with Gasteiger partial charge in [-0.1, -0.05) is 32.0 Å². The van der Waals surface area contributed by atoms with E-state index in [1.165, 1.54) is 11.1 Å². The molecule has 0 spiro atoms. The average Bonchev–Trinajstić information content (AvgIpc) is 2.83. The highest BCUT2D eigenvalue weighted by Gasteiger charge is 2.28. The van der Waals surface area contributed by atoms with Crippen LogP contribution < -0.4 is 14.4 Å². The number of methoxy groups -OCH3 is 2. The number of carbonyl (C=O) groups excluding carboxylic acids is 1. The van der Waals surface area contributed by atoms with Gasteiger partial charge in [-0.3, -0.25) is 4.79 Å². The number of nitrogens with zero attached hydrogens (tertiary/aromatic N) is 2. The standard InChI is InChI=1S/C26H36N2O3.ClH/c1-5-20-18-25(31-4)21(19-24(20)30-3)12-15-27-16-13-23(14-17-27)28(26(29)6-2)22-10-8-7-9-11-22;/h7-11,18-19,23H,5-6,12-17H2,1-4H3;1H. The van der Waals surface area contributed by atoms with Crippen molar-refractivity contribution in [2.45, 2.75) is 52.0 Å². The predicted octanol–water partition coefficient (Wildman–Crippen LogP) is 5.14. The fraction of sp³-hybridized carbons (Fsp3) is 0.500. The van der Waals surface area contributed by atoms with E-state index in [-0.39, 0.29) is 24.4 Å². The minimum atomic E-state index is 0. The zero-order valence-corrected chi connectivity index (χ0v) is 20.6. The van der Waals surface area contributed by atoms with Crippen molar-refractivity contribution in [1.29, 1.82) is 0 Å². The molecule has 32 heavy (non-hydrogen) atoms. The molecule has 2 aromatic carbocycles. The number of carbonyl (C=O) groups is 1. The first-order valence-corrected chi connectivity index (χ1v) is 11.4. The summed E-state index contributed by atoms with van der Waals surface area (Å²) in [6, 6.07) is 14.6. The summed E-state index contributed by atoms with van der Waals surface area (Å²) in [7, 11) is 3.46. The lowest BCUT2D eigenvalue weighted by atomic mass is 10.00. The van der Waals surface area contributed by atoms with Crippen molar-refractivity contribution in [2.75, 3.05) is 38.8 Å². The number of piperidine rings is 1. The molecule has 5 nitrogen and oxygen atoms in total. The van der Waals surface area contributed by atoms with Crippen LogP contribution in [0.4, 0.5) is 5.69 Å². The highest BCUT2D eigenvalue weighted by Crippen LogP contribution is 2.30. The van der Waals surface area contributed by atoms with Gasteiger partial charge in [0.2, 0.25) is 5.91 Å². The molecular weight excluding hydrogens is 424 g/mol. The Balaban J connectivity index is 0.00000363. The monoisotopic (exact) mass is 460 g/mol. The van der Waals surface area contributed by atoms with E-state index in [9.17, 15) is 4.79 Å². The highest BCUT2D eigenvalue weighted by molar-refractivity contribution is 5.93. The van der Waals surface area contributed by atoms with E-state index in [2.05, 4.69) is 24.0 Å². The van der Waals surface area contributed by atoms with Crippen LogP contribution in [0.2, 0.25) is 0 Å². The normalized spacial score (nSPS) is 14.5. The summed E-state index contributed by atoms with van der Waals surface area (Å²) in [6.45, 7) is 7.04. The summed E-state index contributed by atoms with van der Waals surface area (Å²) >= 11 is 0. The Hall–Kier alpha value is -2.24. The molecule has 176 valence electrons. The van der Waals surface area contributed by atoms with Gasteiger partial charge in [0.15, 0.2) is 0 Å². The molecule has 1 aliphatic heterocycles. The molecule has 1 saturated heterocycles. The smallest absolute Gasteiger partial charge is 0.226 e. The van der Waals surface area contributed by atoms with Gasteiger partial charge in [0.25, 0.3) is 0 Å². The second-order valence-corrected chi connectivity index (χ2v) is 8.11. The van der Waals surface area contributed by atoms with Crippen LogP contribution in [0.25, 0.3) is 0 Å². The van der Waals surface area contributed by atoms with E-state index >= 15 is 0 Å². The summed E-state index contributed by atoms with van der Waals surface area (Å²) < 4.78 is 11.2. The summed E-state index contributed by atoms with van der Waals surface area (Å²) in [5.41, 5.74) is 3.37. The molecule has 0 bridgehead atoms. The zero-order valence-electron chi connectivity index (χ0n) is 19.8. The third-order valence-electron chi connectivity index (χ3n) is 6.29. The first kappa shape index (κ1) is 26.0. The van der Waals surface area contributed by atoms with Gasteiger partial charge < -0.3 is 19.3 Å². The highest BCUT2D eigenvalue weighted by atomic mass is 35.5. The summed E-state index contributed by atoms with van der Waals surface area (Å²) in [5, 5.41) is 0. The lowest BCUT2D eigenvalue weighted by Crippen LogP contribution is -2.47. The van der Waals surface area contributed by atoms with Crippen LogP contribution in [0, 0.1) is 0 Å². The number of ether oxygens (including phenoxy) is 2. The van der Waals surface area contributed by atoms with Gasteiger partial charge in [-0.2, -0.15) is 0 Å². The Morgan fingerprint density at radius 3 is 2.16 bits per heavy atom. The maximum absolute atomic E-state index is 12.7. The van der Waals surface area contributed by atoms with Crippen molar-refractivity contribution in [3.63, 3.8) is 0 Å². The number of anilines is 1. The largest absolute Gasteiger partial charge is 0.496 e. The first-order valence-electron chi connectivity index (χ1n) is 11.4. The number of para-hydroxylation sites is 1. The maximum Gasteiger partial charge on any atom is 0.226 e. The van der Waals surface area contributed by atoms with E-state index in [1.807, 2.05) is 42.2 Å². The van der Waals surface area contributed by atoms with Gasteiger partial charge >= 0.3 is 0 Å². The third-order valence-corrected chi connectivity index (χ3v) is 6.29. The van der Waals surface area contributed by atoms with E-state index < -0.39 is 0 Å². The fourth-order valence-electron chi connectivity index (χ4n) is 4.49. The van der Waals surface area contributed by atoms with Gasteiger partial charge in [-0.05, 0) is 61.1 Å². The minimum Gasteiger partial charge on any atom is -0.496 e. The topological polar surface area (TPSA) is 42.0 Å². The van der Waals surface area contributed by atoms with Crippen molar-refractivity contribution in [3.8, 4) is 11.5 Å². The second-order valence-electron chi connectivity index (χ2n) is 8.11. The molecule has 1 heterocycles. The van der Waals surface area contributed by atoms with Crippen LogP contribution in [0.5, 0.6) is 11.5 Å². The Labute approximate surface area is 199 Å². The van der Waals surface area contributed by atoms with Gasteiger partial charge in [0, 0.05) is 37.8 Å². The molecule has 6 heteroatoms. The number of rotatable bonds is 9. The van der Waals surface area contributed by atoms with Crippen LogP contribution >= 0.6 is 12.4 Å². The van der Waals surface area contributed by atoms with Gasteiger partial charge in [0.1, 0.15) is 11.5 Å². The predicted molar refractivity (Wildman–Crippen MR) is 134 cm³/mol. The summed E-state index contributed by atoms with van der Waals surface area (Å²) in [5.74, 6) is 2.09. The third kappa shape index (κ3) is 6.17. The van der Waals surface area contributed by atoms with Gasteiger partial charge in [-0.15, -0.1) is 12.4 Å². The minimum absolute atomic E-state index is 0. The number of halogens is 1. The summed E-state index contributed by atoms with van der Waals surface area (Å²) in [6.07, 6.45) is 4.36. The quantitative estimate of drug-likeness (QED) is 0.519. The molecule has 0 unspecified atom stereocenters. The number of likely N-dealkylation sites (tertiary alicyclic amines) is 1. The molecule has 0 radical (unpaired) electrons. The van der Waals surface area contributed by atoms with Crippen LogP contribution in [0.15, 0.2) is 42.5 Å². The van der Waals surface area contributed by atoms with Crippen LogP contribution in [0.3, 0.4) is 0 Å². The molecular formula is C26H37ClN2O3. The number of benzene rings is 2. The van der Waals surface area contributed by atoms with Crippen molar-refractivity contribution < 1.29 is 14.3 Å². The maximum atomic E-state index is 12.7. The molecule has 0 atom stereocenters. The van der Waals surface area contributed by atoms with Crippen molar-refractivity contribution >= 4 is 24.0 Å². The van der Waals surface area contributed by atoms with E-state index in [0.29, 0.717) is 6.42 Å². The molecule has 0 aromatic heterocycles. The lowest BCUT2D eigenvalue weighted by Gasteiger charge is -2.38. The van der Waals surface area contributed by atoms with Crippen LogP contribution in [-0.4, -0.2) is 50.7 Å². The molecule has 1 aliphatic rings. The Kier molecular flexibility index (Phi) is 10.3. The molecule has 0 aliphatic carbocycles. The second kappa shape index (κ2) is 12.7. The molecule has 1 amide bonds. The lowest BCUT2D eigenvalue weighted by molar-refractivity contribution is -0.119. The molecule has 0 saturated carbocycles. The zero-order chi connectivity index (χ0) is 22.2. The Morgan fingerprint density at radius 1 is 1.00 bits per heavy atom. The molecule has 2 aromatic rings. The number of amides is 1. The van der Waals surface area contributed by atoms with Crippen molar-refractivity contribution in [2.24, 2.45) is 0 Å². The Bertz CT molecular complexity index is 852. The molecule has 0 N–H and O–H groups in total. The SMILES string of the molecule is CCC(=O)N(c1ccccc1)C1CCN(CCc2cc(OC)c(CC)cc2OC)CC1.Cl. The summed E-state index contributed by atoms with van der Waals surface area (Å²) in [4.78, 5) is 17.2. The molecule has 1 fully saturated rings. The number of hydrogen-bond acceptors (Lipinski definition) is 4. The van der Waals surface area contributed by atoms with Crippen LogP contribution in [0.1, 0.15) is 44.2 Å². The van der Waals surface area contributed by atoms with E-state index in [1.54, 1.807) is 14.2 Å². The van der Waals surface area contributed by atoms with Crippen molar-refractivity contribution in [3.05, 3.63) is 53.6 Å². The van der Waals surface area contributed by atoms with Crippen molar-refractivity contribution in [1.82, 2.24) is 4.90 Å². The molecule has 3 rings (SSSR count).